The van der Waals surface area contributed by atoms with Gasteiger partial charge in [-0.05, 0) is 36.4 Å². The Labute approximate surface area is 139 Å². The van der Waals surface area contributed by atoms with E-state index in [2.05, 4.69) is 16.0 Å². The molecule has 0 spiro atoms. The number of hydrogen-bond donors (Lipinski definition) is 4. The van der Waals surface area contributed by atoms with Crippen LogP contribution in [0, 0.1) is 0 Å². The van der Waals surface area contributed by atoms with Crippen LogP contribution in [0.15, 0.2) is 48.5 Å². The molecule has 0 aliphatic carbocycles. The second-order valence-corrected chi connectivity index (χ2v) is 5.15. The smallest absolute Gasteiger partial charge is 0.323 e. The average molecular weight is 333 g/mol. The molecule has 2 rings (SSSR count). The van der Waals surface area contributed by atoms with Gasteiger partial charge in [0.2, 0.25) is 5.91 Å². The number of halogens is 1. The van der Waals surface area contributed by atoms with Crippen LogP contribution in [0.3, 0.4) is 0 Å². The normalized spacial score (nSPS) is 10.0. The summed E-state index contributed by atoms with van der Waals surface area (Å²) in [4.78, 5) is 23.7. The van der Waals surface area contributed by atoms with Crippen molar-refractivity contribution in [3.63, 3.8) is 0 Å². The molecule has 0 saturated carbocycles. The van der Waals surface area contributed by atoms with E-state index in [4.69, 9.17) is 17.3 Å². The fourth-order valence-corrected chi connectivity index (χ4v) is 1.99. The molecule has 6 nitrogen and oxygen atoms in total. The van der Waals surface area contributed by atoms with E-state index in [-0.39, 0.29) is 18.9 Å². The number of carbonyl (C=O) groups excluding carboxylic acids is 2. The van der Waals surface area contributed by atoms with Crippen LogP contribution in [0.25, 0.3) is 0 Å². The molecule has 0 atom stereocenters. The molecule has 0 radical (unpaired) electrons. The zero-order chi connectivity index (χ0) is 16.7. The zero-order valence-electron chi connectivity index (χ0n) is 12.3. The number of rotatable bonds is 5. The average Bonchev–Trinajstić information content (AvgIpc) is 2.52. The van der Waals surface area contributed by atoms with Crippen molar-refractivity contribution in [2.75, 3.05) is 22.5 Å². The minimum Gasteiger partial charge on any atom is -0.330 e. The van der Waals surface area contributed by atoms with Crippen molar-refractivity contribution < 1.29 is 9.59 Å². The Kier molecular flexibility index (Phi) is 5.96. The molecule has 0 bridgehead atoms. The topological polar surface area (TPSA) is 96.2 Å². The summed E-state index contributed by atoms with van der Waals surface area (Å²) >= 11 is 5.80. The lowest BCUT2D eigenvalue weighted by molar-refractivity contribution is -0.116. The van der Waals surface area contributed by atoms with Crippen LogP contribution in [0.5, 0.6) is 0 Å². The van der Waals surface area contributed by atoms with E-state index in [0.29, 0.717) is 22.1 Å². The van der Waals surface area contributed by atoms with Crippen LogP contribution in [-0.2, 0) is 4.79 Å². The van der Waals surface area contributed by atoms with Crippen LogP contribution >= 0.6 is 11.6 Å². The number of anilines is 3. The predicted octanol–water partition coefficient (Wildman–Crippen LogP) is 3.27. The molecule has 120 valence electrons. The molecule has 0 unspecified atom stereocenters. The second kappa shape index (κ2) is 8.17. The standard InChI is InChI=1S/C16H17ClN4O2/c17-11-5-7-12(8-6-11)19-16(23)21-14-4-2-1-3-13(14)20-15(22)9-10-18/h1-8H,9-10,18H2,(H,20,22)(H2,19,21,23). The van der Waals surface area contributed by atoms with Gasteiger partial charge < -0.3 is 21.7 Å². The maximum atomic E-state index is 12.0. The van der Waals surface area contributed by atoms with Crippen molar-refractivity contribution in [1.29, 1.82) is 0 Å². The van der Waals surface area contributed by atoms with Crippen LogP contribution in [0.2, 0.25) is 5.02 Å². The van der Waals surface area contributed by atoms with Crippen LogP contribution in [0.4, 0.5) is 21.9 Å². The first-order valence-electron chi connectivity index (χ1n) is 7.01. The fraction of sp³-hybridized carbons (Fsp3) is 0.125. The Bertz CT molecular complexity index is 689. The highest BCUT2D eigenvalue weighted by Gasteiger charge is 2.09. The third-order valence-electron chi connectivity index (χ3n) is 2.92. The molecule has 2 aromatic rings. The first-order valence-corrected chi connectivity index (χ1v) is 7.39. The van der Waals surface area contributed by atoms with Gasteiger partial charge in [0.25, 0.3) is 0 Å². The van der Waals surface area contributed by atoms with E-state index >= 15 is 0 Å². The lowest BCUT2D eigenvalue weighted by Gasteiger charge is -2.13. The first kappa shape index (κ1) is 16.8. The second-order valence-electron chi connectivity index (χ2n) is 4.72. The third kappa shape index (κ3) is 5.28. The van der Waals surface area contributed by atoms with E-state index in [1.54, 1.807) is 48.5 Å². The van der Waals surface area contributed by atoms with Gasteiger partial charge in [0.15, 0.2) is 0 Å². The molecule has 23 heavy (non-hydrogen) atoms. The third-order valence-corrected chi connectivity index (χ3v) is 3.17. The molecule has 7 heteroatoms. The lowest BCUT2D eigenvalue weighted by atomic mass is 10.2. The summed E-state index contributed by atoms with van der Waals surface area (Å²) < 4.78 is 0. The Morgan fingerprint density at radius 1 is 0.913 bits per heavy atom. The highest BCUT2D eigenvalue weighted by Crippen LogP contribution is 2.21. The molecule has 0 fully saturated rings. The zero-order valence-corrected chi connectivity index (χ0v) is 13.1. The van der Waals surface area contributed by atoms with Gasteiger partial charge in [0, 0.05) is 23.7 Å². The highest BCUT2D eigenvalue weighted by atomic mass is 35.5. The Morgan fingerprint density at radius 3 is 2.13 bits per heavy atom. The summed E-state index contributed by atoms with van der Waals surface area (Å²) in [6.07, 6.45) is 0.214. The van der Waals surface area contributed by atoms with Crippen LogP contribution in [0.1, 0.15) is 6.42 Å². The Balaban J connectivity index is 2.02. The van der Waals surface area contributed by atoms with Gasteiger partial charge >= 0.3 is 6.03 Å². The number of carbonyl (C=O) groups is 2. The highest BCUT2D eigenvalue weighted by molar-refractivity contribution is 6.30. The molecule has 0 aromatic heterocycles. The minimum atomic E-state index is -0.423. The molecule has 2 aromatic carbocycles. The largest absolute Gasteiger partial charge is 0.330 e. The Morgan fingerprint density at radius 2 is 1.52 bits per heavy atom. The number of urea groups is 1. The van der Waals surface area contributed by atoms with Gasteiger partial charge in [-0.1, -0.05) is 23.7 Å². The summed E-state index contributed by atoms with van der Waals surface area (Å²) in [6, 6.07) is 13.2. The summed E-state index contributed by atoms with van der Waals surface area (Å²) in [5.41, 5.74) is 6.96. The van der Waals surface area contributed by atoms with Crippen molar-refractivity contribution in [2.24, 2.45) is 5.73 Å². The number of benzene rings is 2. The molecule has 3 amide bonds. The maximum absolute atomic E-state index is 12.0. The van der Waals surface area contributed by atoms with Gasteiger partial charge in [0.1, 0.15) is 0 Å². The number of para-hydroxylation sites is 2. The SMILES string of the molecule is NCCC(=O)Nc1ccccc1NC(=O)Nc1ccc(Cl)cc1. The quantitative estimate of drug-likeness (QED) is 0.676. The molecular weight excluding hydrogens is 316 g/mol. The minimum absolute atomic E-state index is 0.208. The first-order chi connectivity index (χ1) is 11.1. The Hall–Kier alpha value is -2.57. The van der Waals surface area contributed by atoms with E-state index in [1.807, 2.05) is 0 Å². The van der Waals surface area contributed by atoms with E-state index in [1.165, 1.54) is 0 Å². The molecule has 0 heterocycles. The van der Waals surface area contributed by atoms with E-state index in [9.17, 15) is 9.59 Å². The molecule has 0 saturated heterocycles. The summed E-state index contributed by atoms with van der Waals surface area (Å²) in [6.45, 7) is 0.262. The van der Waals surface area contributed by atoms with Crippen molar-refractivity contribution in [3.8, 4) is 0 Å². The summed E-state index contributed by atoms with van der Waals surface area (Å²) in [5.74, 6) is -0.208. The molecule has 5 N–H and O–H groups in total. The molecular formula is C16H17ClN4O2. The van der Waals surface area contributed by atoms with Crippen LogP contribution in [-0.4, -0.2) is 18.5 Å². The number of hydrogen-bond acceptors (Lipinski definition) is 3. The van der Waals surface area contributed by atoms with Crippen molar-refractivity contribution in [2.45, 2.75) is 6.42 Å². The predicted molar refractivity (Wildman–Crippen MR) is 92.8 cm³/mol. The van der Waals surface area contributed by atoms with Crippen molar-refractivity contribution >= 4 is 40.6 Å². The van der Waals surface area contributed by atoms with Crippen molar-refractivity contribution in [3.05, 3.63) is 53.6 Å². The van der Waals surface area contributed by atoms with Gasteiger partial charge in [-0.2, -0.15) is 0 Å². The van der Waals surface area contributed by atoms with Gasteiger partial charge in [-0.15, -0.1) is 0 Å². The number of nitrogens with two attached hydrogens (primary N) is 1. The van der Waals surface area contributed by atoms with Gasteiger partial charge in [0.05, 0.1) is 11.4 Å². The summed E-state index contributed by atoms with van der Waals surface area (Å²) in [7, 11) is 0. The van der Waals surface area contributed by atoms with Gasteiger partial charge in [-0.3, -0.25) is 4.79 Å². The molecule has 0 aliphatic rings. The maximum Gasteiger partial charge on any atom is 0.323 e. The molecule has 0 aliphatic heterocycles. The van der Waals surface area contributed by atoms with Gasteiger partial charge in [-0.25, -0.2) is 4.79 Å². The van der Waals surface area contributed by atoms with E-state index < -0.39 is 6.03 Å². The fourth-order valence-electron chi connectivity index (χ4n) is 1.86. The van der Waals surface area contributed by atoms with Crippen LogP contribution < -0.4 is 21.7 Å². The number of amides is 3. The monoisotopic (exact) mass is 332 g/mol. The van der Waals surface area contributed by atoms with Crippen molar-refractivity contribution in [1.82, 2.24) is 0 Å². The summed E-state index contributed by atoms with van der Waals surface area (Å²) in [5, 5.41) is 8.67. The lowest BCUT2D eigenvalue weighted by Crippen LogP contribution is -2.21. The number of nitrogens with one attached hydrogen (secondary N) is 3. The van der Waals surface area contributed by atoms with E-state index in [0.717, 1.165) is 0 Å².